The first-order valence-electron chi connectivity index (χ1n) is 11.0. The van der Waals surface area contributed by atoms with Crippen molar-refractivity contribution >= 4 is 33.4 Å². The lowest BCUT2D eigenvalue weighted by Crippen LogP contribution is -2.59. The Kier molecular flexibility index (Phi) is 4.37. The number of hydrogen-bond acceptors (Lipinski definition) is 4. The van der Waals surface area contributed by atoms with E-state index >= 15 is 0 Å². The fraction of sp³-hybridized carbons (Fsp3) is 0.609. The predicted octanol–water partition coefficient (Wildman–Crippen LogP) is 5.61. The molecule has 5 saturated carbocycles. The van der Waals surface area contributed by atoms with E-state index in [2.05, 4.69) is 26.1 Å². The van der Waals surface area contributed by atoms with Gasteiger partial charge in [0.25, 0.3) is 0 Å². The van der Waals surface area contributed by atoms with Crippen LogP contribution in [0.3, 0.4) is 0 Å². The summed E-state index contributed by atoms with van der Waals surface area (Å²) in [5, 5.41) is 9.03. The van der Waals surface area contributed by atoms with E-state index in [-0.39, 0.29) is 9.74 Å². The zero-order valence-corrected chi connectivity index (χ0v) is 19.2. The first-order valence-corrected chi connectivity index (χ1v) is 12.2. The molecule has 5 aliphatic rings. The van der Waals surface area contributed by atoms with Gasteiger partial charge in [-0.05, 0) is 75.3 Å². The molecule has 5 nitrogen and oxygen atoms in total. The first kappa shape index (κ1) is 19.3. The van der Waals surface area contributed by atoms with E-state index in [1.807, 2.05) is 29.2 Å². The Morgan fingerprint density at radius 1 is 1.17 bits per heavy atom. The van der Waals surface area contributed by atoms with Crippen molar-refractivity contribution in [3.05, 3.63) is 35.2 Å². The Hall–Kier alpha value is -1.40. The molecule has 0 N–H and O–H groups in total. The number of carbonyl (C=O) groups excluding carboxylic acids is 1. The fourth-order valence-electron chi connectivity index (χ4n) is 6.67. The molecule has 2 unspecified atom stereocenters. The molecule has 2 aromatic rings. The van der Waals surface area contributed by atoms with Gasteiger partial charge in [0.2, 0.25) is 17.7 Å². The van der Waals surface area contributed by atoms with Crippen LogP contribution in [0.2, 0.25) is 5.02 Å². The Morgan fingerprint density at radius 2 is 1.90 bits per heavy atom. The molecule has 0 aliphatic heterocycles. The molecule has 0 spiro atoms. The van der Waals surface area contributed by atoms with Crippen molar-refractivity contribution < 1.29 is 9.21 Å². The van der Waals surface area contributed by atoms with E-state index in [0.29, 0.717) is 47.1 Å². The lowest BCUT2D eigenvalue weighted by molar-refractivity contribution is -0.157. The Labute approximate surface area is 189 Å². The van der Waals surface area contributed by atoms with Gasteiger partial charge in [-0.1, -0.05) is 39.7 Å². The SMILES string of the molecule is O=C(N(Cc1nnc(-c2ccccc2Cl)o1)C1CC1)C12CC3CC(CC(Br)(C3)C1)C2. The third-order valence-corrected chi connectivity index (χ3v) is 8.83. The van der Waals surface area contributed by atoms with Gasteiger partial charge in [-0.15, -0.1) is 10.2 Å². The van der Waals surface area contributed by atoms with Crippen molar-refractivity contribution in [3.8, 4) is 11.5 Å². The maximum Gasteiger partial charge on any atom is 0.249 e. The summed E-state index contributed by atoms with van der Waals surface area (Å²) < 4.78 is 6.11. The number of halogens is 2. The number of amides is 1. The summed E-state index contributed by atoms with van der Waals surface area (Å²) in [4.78, 5) is 16.0. The molecule has 0 saturated heterocycles. The van der Waals surface area contributed by atoms with Gasteiger partial charge in [-0.2, -0.15) is 0 Å². The number of rotatable bonds is 5. The van der Waals surface area contributed by atoms with E-state index in [9.17, 15) is 4.79 Å². The number of aromatic nitrogens is 2. The topological polar surface area (TPSA) is 59.2 Å². The molecular formula is C23H25BrClN3O2. The second kappa shape index (κ2) is 6.80. The third-order valence-electron chi connectivity index (χ3n) is 7.57. The highest BCUT2D eigenvalue weighted by Crippen LogP contribution is 2.65. The number of benzene rings is 1. The fourth-order valence-corrected chi connectivity index (χ4v) is 8.33. The average Bonchev–Trinajstić information content (AvgIpc) is 3.42. The minimum Gasteiger partial charge on any atom is -0.419 e. The molecule has 1 heterocycles. The largest absolute Gasteiger partial charge is 0.419 e. The van der Waals surface area contributed by atoms with E-state index in [0.717, 1.165) is 37.7 Å². The van der Waals surface area contributed by atoms with E-state index < -0.39 is 0 Å². The molecule has 2 atom stereocenters. The van der Waals surface area contributed by atoms with Crippen LogP contribution in [-0.4, -0.2) is 31.4 Å². The van der Waals surface area contributed by atoms with E-state index in [4.69, 9.17) is 16.0 Å². The van der Waals surface area contributed by atoms with E-state index in [1.54, 1.807) is 0 Å². The van der Waals surface area contributed by atoms with Crippen molar-refractivity contribution in [1.82, 2.24) is 15.1 Å². The zero-order valence-electron chi connectivity index (χ0n) is 16.8. The summed E-state index contributed by atoms with van der Waals surface area (Å²) in [7, 11) is 0. The predicted molar refractivity (Wildman–Crippen MR) is 117 cm³/mol. The van der Waals surface area contributed by atoms with Crippen LogP contribution < -0.4 is 0 Å². The third kappa shape index (κ3) is 3.22. The van der Waals surface area contributed by atoms with Crippen molar-refractivity contribution in [3.63, 3.8) is 0 Å². The smallest absolute Gasteiger partial charge is 0.249 e. The van der Waals surface area contributed by atoms with Crippen LogP contribution in [0.1, 0.15) is 57.3 Å². The second-order valence-electron chi connectivity index (χ2n) is 10.0. The summed E-state index contributed by atoms with van der Waals surface area (Å²) >= 11 is 10.3. The zero-order chi connectivity index (χ0) is 20.5. The van der Waals surface area contributed by atoms with Gasteiger partial charge < -0.3 is 9.32 Å². The van der Waals surface area contributed by atoms with Crippen LogP contribution in [-0.2, 0) is 11.3 Å². The molecule has 0 radical (unpaired) electrons. The molecule has 7 rings (SSSR count). The molecule has 158 valence electrons. The molecule has 1 aromatic heterocycles. The summed E-state index contributed by atoms with van der Waals surface area (Å²) in [5.74, 6) is 2.59. The van der Waals surface area contributed by atoms with Crippen LogP contribution >= 0.6 is 27.5 Å². The number of hydrogen-bond donors (Lipinski definition) is 0. The summed E-state index contributed by atoms with van der Waals surface area (Å²) in [5.41, 5.74) is 0.520. The molecule has 1 aromatic carbocycles. The van der Waals surface area contributed by atoms with Crippen LogP contribution in [0.25, 0.3) is 11.5 Å². The standard InChI is InChI=1S/C23H25BrClN3O2/c24-23-10-14-7-15(11-23)9-22(8-14,13-23)21(29)28(16-5-6-16)12-19-26-27-20(30-19)17-3-1-2-4-18(17)25/h1-4,14-16H,5-13H2. The summed E-state index contributed by atoms with van der Waals surface area (Å²) in [6.45, 7) is 0.396. The number of carbonyl (C=O) groups is 1. The Morgan fingerprint density at radius 3 is 2.57 bits per heavy atom. The van der Waals surface area contributed by atoms with Gasteiger partial charge in [0.05, 0.1) is 22.5 Å². The van der Waals surface area contributed by atoms with Gasteiger partial charge in [-0.3, -0.25) is 4.79 Å². The quantitative estimate of drug-likeness (QED) is 0.511. The molecule has 5 fully saturated rings. The van der Waals surface area contributed by atoms with Gasteiger partial charge in [0.15, 0.2) is 0 Å². The minimum absolute atomic E-state index is 0.170. The van der Waals surface area contributed by atoms with Crippen molar-refractivity contribution in [1.29, 1.82) is 0 Å². The Bertz CT molecular complexity index is 990. The number of nitrogens with zero attached hydrogens (tertiary/aromatic N) is 3. The lowest BCUT2D eigenvalue weighted by atomic mass is 9.49. The molecule has 1 amide bonds. The number of alkyl halides is 1. The maximum atomic E-state index is 13.9. The molecule has 4 bridgehead atoms. The van der Waals surface area contributed by atoms with Crippen molar-refractivity contribution in [2.75, 3.05) is 0 Å². The van der Waals surface area contributed by atoms with Crippen LogP contribution in [0.15, 0.2) is 28.7 Å². The van der Waals surface area contributed by atoms with Gasteiger partial charge in [0.1, 0.15) is 0 Å². The van der Waals surface area contributed by atoms with Gasteiger partial charge in [0, 0.05) is 10.4 Å². The normalized spacial score (nSPS) is 34.3. The lowest BCUT2D eigenvalue weighted by Gasteiger charge is -2.60. The van der Waals surface area contributed by atoms with Crippen LogP contribution in [0, 0.1) is 17.3 Å². The second-order valence-corrected chi connectivity index (χ2v) is 12.1. The maximum absolute atomic E-state index is 13.9. The van der Waals surface area contributed by atoms with Crippen molar-refractivity contribution in [2.45, 2.75) is 68.3 Å². The first-order chi connectivity index (χ1) is 14.4. The van der Waals surface area contributed by atoms with Crippen LogP contribution in [0.5, 0.6) is 0 Å². The van der Waals surface area contributed by atoms with Gasteiger partial charge >= 0.3 is 0 Å². The Balaban J connectivity index is 1.26. The highest BCUT2D eigenvalue weighted by molar-refractivity contribution is 9.10. The average molecular weight is 491 g/mol. The van der Waals surface area contributed by atoms with E-state index in [1.165, 1.54) is 19.3 Å². The minimum atomic E-state index is -0.207. The van der Waals surface area contributed by atoms with Crippen LogP contribution in [0.4, 0.5) is 0 Å². The molecule has 7 heteroatoms. The molecule has 5 aliphatic carbocycles. The highest BCUT2D eigenvalue weighted by Gasteiger charge is 2.61. The summed E-state index contributed by atoms with van der Waals surface area (Å²) in [6.07, 6.45) is 8.97. The highest BCUT2D eigenvalue weighted by atomic mass is 79.9. The monoisotopic (exact) mass is 489 g/mol. The summed E-state index contributed by atoms with van der Waals surface area (Å²) in [6, 6.07) is 7.76. The molecular weight excluding hydrogens is 466 g/mol. The van der Waals surface area contributed by atoms with Gasteiger partial charge in [-0.25, -0.2) is 0 Å². The molecule has 30 heavy (non-hydrogen) atoms. The van der Waals surface area contributed by atoms with Crippen molar-refractivity contribution in [2.24, 2.45) is 17.3 Å².